The van der Waals surface area contributed by atoms with E-state index < -0.39 is 6.10 Å². The highest BCUT2D eigenvalue weighted by atomic mass is 16.3. The van der Waals surface area contributed by atoms with Crippen LogP contribution in [-0.4, -0.2) is 47.1 Å². The van der Waals surface area contributed by atoms with Gasteiger partial charge in [-0.2, -0.15) is 0 Å². The fraction of sp³-hybridized carbons (Fsp3) is 0.538. The fourth-order valence-corrected chi connectivity index (χ4v) is 2.23. The molecule has 1 N–H and O–H groups in total. The molecule has 18 heavy (non-hydrogen) atoms. The zero-order valence-corrected chi connectivity index (χ0v) is 10.8. The van der Waals surface area contributed by atoms with Gasteiger partial charge in [0.15, 0.2) is 0 Å². The van der Waals surface area contributed by atoms with Gasteiger partial charge in [-0.15, -0.1) is 0 Å². The molecule has 0 aromatic carbocycles. The summed E-state index contributed by atoms with van der Waals surface area (Å²) in [4.78, 5) is 19.6. The molecule has 0 aliphatic carbocycles. The van der Waals surface area contributed by atoms with E-state index in [9.17, 15) is 9.90 Å². The average Bonchev–Trinajstić information content (AvgIpc) is 2.39. The van der Waals surface area contributed by atoms with Gasteiger partial charge in [-0.05, 0) is 13.0 Å². The summed E-state index contributed by atoms with van der Waals surface area (Å²) < 4.78 is 0. The first-order chi connectivity index (χ1) is 8.59. The van der Waals surface area contributed by atoms with Gasteiger partial charge in [0.25, 0.3) is 0 Å². The summed E-state index contributed by atoms with van der Waals surface area (Å²) in [5.74, 6) is 0.946. The number of carbonyl (C=O) groups is 1. The van der Waals surface area contributed by atoms with Crippen molar-refractivity contribution in [3.05, 3.63) is 23.9 Å². The number of carbonyl (C=O) groups excluding carboxylic acids is 1. The molecule has 98 valence electrons. The maximum Gasteiger partial charge on any atom is 0.219 e. The largest absolute Gasteiger partial charge is 0.389 e. The molecule has 1 aromatic rings. The maximum atomic E-state index is 11.3. The summed E-state index contributed by atoms with van der Waals surface area (Å²) in [6.45, 7) is 6.28. The normalized spacial score (nSPS) is 17.7. The first-order valence-electron chi connectivity index (χ1n) is 6.23. The number of anilines is 1. The van der Waals surface area contributed by atoms with Gasteiger partial charge >= 0.3 is 0 Å². The Morgan fingerprint density at radius 1 is 1.39 bits per heavy atom. The molecule has 2 rings (SSSR count). The Bertz CT molecular complexity index is 426. The average molecular weight is 249 g/mol. The highest BCUT2D eigenvalue weighted by Crippen LogP contribution is 2.24. The first-order valence-corrected chi connectivity index (χ1v) is 6.23. The molecule has 2 heterocycles. The zero-order valence-electron chi connectivity index (χ0n) is 10.8. The SMILES string of the molecule is CC(=O)N1CCN(c2ncccc2[C@H](C)O)CC1. The van der Waals surface area contributed by atoms with Crippen LogP contribution in [0.4, 0.5) is 5.82 Å². The van der Waals surface area contributed by atoms with Crippen molar-refractivity contribution in [1.82, 2.24) is 9.88 Å². The molecule has 0 unspecified atom stereocenters. The molecule has 1 saturated heterocycles. The Hall–Kier alpha value is -1.62. The molecular formula is C13H19N3O2. The Morgan fingerprint density at radius 3 is 2.61 bits per heavy atom. The first kappa shape index (κ1) is 12.8. The number of hydrogen-bond acceptors (Lipinski definition) is 4. The lowest BCUT2D eigenvalue weighted by molar-refractivity contribution is -0.129. The van der Waals surface area contributed by atoms with Gasteiger partial charge in [-0.25, -0.2) is 4.98 Å². The second-order valence-corrected chi connectivity index (χ2v) is 4.59. The number of nitrogens with zero attached hydrogens (tertiary/aromatic N) is 3. The third-order valence-corrected chi connectivity index (χ3v) is 3.29. The lowest BCUT2D eigenvalue weighted by atomic mass is 10.1. The smallest absolute Gasteiger partial charge is 0.219 e. The summed E-state index contributed by atoms with van der Waals surface area (Å²) in [5, 5.41) is 9.74. The minimum absolute atomic E-state index is 0.117. The Labute approximate surface area is 107 Å². The minimum atomic E-state index is -0.528. The molecule has 0 radical (unpaired) electrons. The van der Waals surface area contributed by atoms with Gasteiger partial charge in [0.05, 0.1) is 6.10 Å². The van der Waals surface area contributed by atoms with Crippen molar-refractivity contribution in [2.24, 2.45) is 0 Å². The summed E-state index contributed by atoms with van der Waals surface area (Å²) in [6.07, 6.45) is 1.21. The Balaban J connectivity index is 2.12. The van der Waals surface area contributed by atoms with Crippen LogP contribution in [0.25, 0.3) is 0 Å². The van der Waals surface area contributed by atoms with Crippen LogP contribution in [0.3, 0.4) is 0 Å². The highest BCUT2D eigenvalue weighted by Gasteiger charge is 2.22. The van der Waals surface area contributed by atoms with Crippen molar-refractivity contribution < 1.29 is 9.90 Å². The number of piperazine rings is 1. The van der Waals surface area contributed by atoms with Gasteiger partial charge in [0, 0.05) is 44.9 Å². The van der Waals surface area contributed by atoms with E-state index in [0.717, 1.165) is 24.5 Å². The fourth-order valence-electron chi connectivity index (χ4n) is 2.23. The Morgan fingerprint density at radius 2 is 2.06 bits per heavy atom. The molecule has 1 amide bonds. The van der Waals surface area contributed by atoms with Crippen molar-refractivity contribution in [2.75, 3.05) is 31.1 Å². The van der Waals surface area contributed by atoms with E-state index in [1.54, 1.807) is 20.0 Å². The molecule has 1 atom stereocenters. The quantitative estimate of drug-likeness (QED) is 0.842. The number of amides is 1. The summed E-state index contributed by atoms with van der Waals surface area (Å²) >= 11 is 0. The molecule has 1 aliphatic rings. The van der Waals surface area contributed by atoms with Crippen molar-refractivity contribution in [2.45, 2.75) is 20.0 Å². The molecule has 1 aliphatic heterocycles. The number of aliphatic hydroxyl groups is 1. The van der Waals surface area contributed by atoms with E-state index in [2.05, 4.69) is 9.88 Å². The van der Waals surface area contributed by atoms with Crippen LogP contribution in [0.5, 0.6) is 0 Å². The lowest BCUT2D eigenvalue weighted by Crippen LogP contribution is -2.48. The molecule has 0 saturated carbocycles. The number of rotatable bonds is 2. The third kappa shape index (κ3) is 2.61. The molecular weight excluding hydrogens is 230 g/mol. The standard InChI is InChI=1S/C13H19N3O2/c1-10(17)12-4-3-5-14-13(12)16-8-6-15(7-9-16)11(2)18/h3-5,10,17H,6-9H2,1-2H3/t10-/m0/s1. The van der Waals surface area contributed by atoms with Crippen LogP contribution in [0.2, 0.25) is 0 Å². The lowest BCUT2D eigenvalue weighted by Gasteiger charge is -2.36. The van der Waals surface area contributed by atoms with Gasteiger partial charge < -0.3 is 14.9 Å². The monoisotopic (exact) mass is 249 g/mol. The molecule has 5 heteroatoms. The van der Waals surface area contributed by atoms with Gasteiger partial charge in [0.2, 0.25) is 5.91 Å². The molecule has 5 nitrogen and oxygen atoms in total. The number of aliphatic hydroxyl groups excluding tert-OH is 1. The van der Waals surface area contributed by atoms with E-state index in [0.29, 0.717) is 13.1 Å². The highest BCUT2D eigenvalue weighted by molar-refractivity contribution is 5.73. The summed E-state index contributed by atoms with van der Waals surface area (Å²) in [6, 6.07) is 3.72. The van der Waals surface area contributed by atoms with Crippen LogP contribution in [0.15, 0.2) is 18.3 Å². The Kier molecular flexibility index (Phi) is 3.81. The van der Waals surface area contributed by atoms with Crippen LogP contribution >= 0.6 is 0 Å². The molecule has 1 aromatic heterocycles. The number of hydrogen-bond donors (Lipinski definition) is 1. The molecule has 0 spiro atoms. The third-order valence-electron chi connectivity index (χ3n) is 3.29. The van der Waals surface area contributed by atoms with Gasteiger partial charge in [-0.3, -0.25) is 4.79 Å². The number of pyridine rings is 1. The van der Waals surface area contributed by atoms with Crippen molar-refractivity contribution >= 4 is 11.7 Å². The predicted molar refractivity (Wildman–Crippen MR) is 69.3 cm³/mol. The van der Waals surface area contributed by atoms with Crippen molar-refractivity contribution in [3.63, 3.8) is 0 Å². The second kappa shape index (κ2) is 5.35. The van der Waals surface area contributed by atoms with E-state index in [-0.39, 0.29) is 5.91 Å². The van der Waals surface area contributed by atoms with Crippen molar-refractivity contribution in [1.29, 1.82) is 0 Å². The van der Waals surface area contributed by atoms with Crippen LogP contribution in [0, 0.1) is 0 Å². The van der Waals surface area contributed by atoms with E-state index >= 15 is 0 Å². The summed E-state index contributed by atoms with van der Waals surface area (Å²) in [5.41, 5.74) is 0.841. The summed E-state index contributed by atoms with van der Waals surface area (Å²) in [7, 11) is 0. The second-order valence-electron chi connectivity index (χ2n) is 4.59. The van der Waals surface area contributed by atoms with Gasteiger partial charge in [-0.1, -0.05) is 6.07 Å². The van der Waals surface area contributed by atoms with E-state index in [1.807, 2.05) is 17.0 Å². The maximum absolute atomic E-state index is 11.3. The topological polar surface area (TPSA) is 56.7 Å². The minimum Gasteiger partial charge on any atom is -0.389 e. The van der Waals surface area contributed by atoms with Crippen LogP contribution in [-0.2, 0) is 4.79 Å². The van der Waals surface area contributed by atoms with Crippen LogP contribution < -0.4 is 4.90 Å². The zero-order chi connectivity index (χ0) is 13.1. The van der Waals surface area contributed by atoms with E-state index in [1.165, 1.54) is 0 Å². The van der Waals surface area contributed by atoms with E-state index in [4.69, 9.17) is 0 Å². The van der Waals surface area contributed by atoms with Crippen molar-refractivity contribution in [3.8, 4) is 0 Å². The van der Waals surface area contributed by atoms with Gasteiger partial charge in [0.1, 0.15) is 5.82 Å². The molecule has 0 bridgehead atoms. The number of aromatic nitrogens is 1. The molecule has 1 fully saturated rings. The predicted octanol–water partition coefficient (Wildman–Crippen LogP) is 0.803. The van der Waals surface area contributed by atoms with Crippen LogP contribution in [0.1, 0.15) is 25.5 Å².